The second-order valence-electron chi connectivity index (χ2n) is 8.53. The minimum Gasteiger partial charge on any atom is -0.493 e. The number of Topliss-reactive ketones (excluding diaryl/α,β-unsaturated/α-hetero) is 1. The number of H-pyrrole nitrogens is 1. The van der Waals surface area contributed by atoms with E-state index in [4.69, 9.17) is 21.4 Å². The monoisotopic (exact) mass is 467 g/mol. The number of carbonyl (C=O) groups is 1. The van der Waals surface area contributed by atoms with Crippen LogP contribution in [0.25, 0.3) is 22.0 Å². The molecular formula is C24H23ClFN5O2. The van der Waals surface area contributed by atoms with E-state index in [1.807, 2.05) is 47.9 Å². The molecule has 0 amide bonds. The lowest BCUT2D eigenvalue weighted by Gasteiger charge is -2.24. The van der Waals surface area contributed by atoms with E-state index in [9.17, 15) is 9.18 Å². The van der Waals surface area contributed by atoms with Crippen molar-refractivity contribution in [3.63, 3.8) is 0 Å². The molecule has 1 unspecified atom stereocenters. The average molecular weight is 468 g/mol. The fraction of sp³-hybridized carbons (Fsp3) is 0.292. The van der Waals surface area contributed by atoms with Crippen molar-refractivity contribution in [2.45, 2.75) is 13.0 Å². The van der Waals surface area contributed by atoms with Crippen LogP contribution in [0.5, 0.6) is 5.75 Å². The number of aromatic amines is 1. The molecule has 0 fully saturated rings. The van der Waals surface area contributed by atoms with Gasteiger partial charge in [-0.1, -0.05) is 17.7 Å². The highest BCUT2D eigenvalue weighted by Crippen LogP contribution is 2.33. The minimum absolute atomic E-state index is 0.0727. The summed E-state index contributed by atoms with van der Waals surface area (Å²) in [6.07, 6.45) is 1.99. The summed E-state index contributed by atoms with van der Waals surface area (Å²) < 4.78 is 21.7. The third kappa shape index (κ3) is 4.12. The molecule has 1 N–H and O–H groups in total. The van der Waals surface area contributed by atoms with Gasteiger partial charge >= 0.3 is 0 Å². The number of ether oxygens (including phenoxy) is 1. The Morgan fingerprint density at radius 1 is 1.30 bits per heavy atom. The molecule has 7 nitrogen and oxygen atoms in total. The van der Waals surface area contributed by atoms with Crippen LogP contribution in [0.1, 0.15) is 16.1 Å². The predicted molar refractivity (Wildman–Crippen MR) is 124 cm³/mol. The number of ketones is 1. The van der Waals surface area contributed by atoms with Crippen molar-refractivity contribution in [3.05, 3.63) is 64.8 Å². The number of likely N-dealkylation sites (N-methyl/N-ethyl adjacent to an activating group) is 1. The molecule has 9 heteroatoms. The fourth-order valence-corrected chi connectivity index (χ4v) is 4.38. The highest BCUT2D eigenvalue weighted by Gasteiger charge is 2.30. The Morgan fingerprint density at radius 2 is 2.15 bits per heavy atom. The lowest BCUT2D eigenvalue weighted by Crippen LogP contribution is -2.29. The van der Waals surface area contributed by atoms with Crippen molar-refractivity contribution in [3.8, 4) is 16.9 Å². The van der Waals surface area contributed by atoms with E-state index < -0.39 is 5.95 Å². The van der Waals surface area contributed by atoms with Gasteiger partial charge in [-0.3, -0.25) is 14.6 Å². The van der Waals surface area contributed by atoms with Gasteiger partial charge in [0.25, 0.3) is 0 Å². The van der Waals surface area contributed by atoms with Crippen LogP contribution in [0.2, 0.25) is 5.02 Å². The Hall–Kier alpha value is -3.23. The van der Waals surface area contributed by atoms with Crippen LogP contribution < -0.4 is 4.74 Å². The van der Waals surface area contributed by atoms with Crippen molar-refractivity contribution in [2.75, 3.05) is 27.2 Å². The van der Waals surface area contributed by atoms with Crippen molar-refractivity contribution in [1.29, 1.82) is 0 Å². The third-order valence-electron chi connectivity index (χ3n) is 5.95. The molecular weight excluding hydrogens is 445 g/mol. The van der Waals surface area contributed by atoms with Gasteiger partial charge in [-0.2, -0.15) is 14.6 Å². The minimum atomic E-state index is -0.498. The molecule has 1 atom stereocenters. The van der Waals surface area contributed by atoms with Gasteiger partial charge in [0.05, 0.1) is 36.3 Å². The molecule has 0 saturated heterocycles. The van der Waals surface area contributed by atoms with Crippen molar-refractivity contribution < 1.29 is 13.9 Å². The normalized spacial score (nSPS) is 15.6. The maximum absolute atomic E-state index is 14.1. The number of nitrogens with zero attached hydrogens (tertiary/aromatic N) is 4. The molecule has 0 radical (unpaired) electrons. The number of hydrogen-bond donors (Lipinski definition) is 1. The second kappa shape index (κ2) is 8.61. The zero-order chi connectivity index (χ0) is 23.1. The standard InChI is InChI=1S/C24H23ClFN5O2/c1-30(2)7-8-31-20-11-14(19-12-27-28-24(19)26)3-5-18(20)22(29-31)23(32)16-9-15-10-17(25)4-6-21(15)33-13-16/h3-6,10-12,16H,7-9,13H2,1-2H3,(H,27,28). The van der Waals surface area contributed by atoms with Crippen molar-refractivity contribution >= 4 is 28.3 Å². The fourth-order valence-electron chi connectivity index (χ4n) is 4.19. The first-order valence-electron chi connectivity index (χ1n) is 10.7. The van der Waals surface area contributed by atoms with Crippen LogP contribution >= 0.6 is 11.6 Å². The molecule has 1 aliphatic rings. The van der Waals surface area contributed by atoms with E-state index in [-0.39, 0.29) is 18.3 Å². The molecule has 0 aliphatic carbocycles. The van der Waals surface area contributed by atoms with Gasteiger partial charge in [0.15, 0.2) is 5.78 Å². The van der Waals surface area contributed by atoms with E-state index >= 15 is 0 Å². The maximum atomic E-state index is 14.1. The van der Waals surface area contributed by atoms with Gasteiger partial charge < -0.3 is 9.64 Å². The van der Waals surface area contributed by atoms with E-state index in [0.717, 1.165) is 28.8 Å². The molecule has 0 saturated carbocycles. The Kier molecular flexibility index (Phi) is 5.64. The zero-order valence-corrected chi connectivity index (χ0v) is 19.1. The summed E-state index contributed by atoms with van der Waals surface area (Å²) in [4.78, 5) is 15.6. The number of carbonyl (C=O) groups excluding carboxylic acids is 1. The molecule has 5 rings (SSSR count). The van der Waals surface area contributed by atoms with Crippen LogP contribution in [-0.2, 0) is 13.0 Å². The summed E-state index contributed by atoms with van der Waals surface area (Å²) in [7, 11) is 3.96. The molecule has 170 valence electrons. The largest absolute Gasteiger partial charge is 0.493 e. The van der Waals surface area contributed by atoms with E-state index in [1.54, 1.807) is 12.1 Å². The zero-order valence-electron chi connectivity index (χ0n) is 18.3. The molecule has 3 heterocycles. The number of rotatable bonds is 6. The lowest BCUT2D eigenvalue weighted by atomic mass is 9.91. The third-order valence-corrected chi connectivity index (χ3v) is 6.18. The first-order valence-corrected chi connectivity index (χ1v) is 11.1. The molecule has 1 aliphatic heterocycles. The van der Waals surface area contributed by atoms with Gasteiger partial charge in [-0.25, -0.2) is 0 Å². The first kappa shape index (κ1) is 21.6. The average Bonchev–Trinajstić information content (AvgIpc) is 3.39. The highest BCUT2D eigenvalue weighted by atomic mass is 35.5. The van der Waals surface area contributed by atoms with Crippen molar-refractivity contribution in [1.82, 2.24) is 24.9 Å². The van der Waals surface area contributed by atoms with Crippen LogP contribution in [0.4, 0.5) is 4.39 Å². The number of aromatic nitrogens is 4. The molecule has 0 bridgehead atoms. The topological polar surface area (TPSA) is 76.0 Å². The smallest absolute Gasteiger partial charge is 0.216 e. The summed E-state index contributed by atoms with van der Waals surface area (Å²) in [6.45, 7) is 1.62. The Bertz CT molecular complexity index is 1350. The number of hydrogen-bond acceptors (Lipinski definition) is 5. The summed E-state index contributed by atoms with van der Waals surface area (Å²) in [5, 5.41) is 12.1. The molecule has 2 aromatic carbocycles. The Balaban J connectivity index is 1.53. The van der Waals surface area contributed by atoms with Gasteiger partial charge in [-0.15, -0.1) is 0 Å². The van der Waals surface area contributed by atoms with Gasteiger partial charge in [0.1, 0.15) is 11.4 Å². The molecule has 33 heavy (non-hydrogen) atoms. The van der Waals surface area contributed by atoms with Crippen LogP contribution in [-0.4, -0.2) is 57.9 Å². The second-order valence-corrected chi connectivity index (χ2v) is 8.97. The number of nitrogens with one attached hydrogen (secondary N) is 1. The predicted octanol–water partition coefficient (Wildman–Crippen LogP) is 4.21. The van der Waals surface area contributed by atoms with E-state index in [1.165, 1.54) is 6.20 Å². The Morgan fingerprint density at radius 3 is 2.91 bits per heavy atom. The Labute approximate surface area is 195 Å². The van der Waals surface area contributed by atoms with Crippen LogP contribution in [0.3, 0.4) is 0 Å². The number of fused-ring (bicyclic) bond motifs is 2. The highest BCUT2D eigenvalue weighted by molar-refractivity contribution is 6.30. The number of benzene rings is 2. The van der Waals surface area contributed by atoms with Gasteiger partial charge in [0.2, 0.25) is 5.95 Å². The van der Waals surface area contributed by atoms with Gasteiger partial charge in [-0.05, 0) is 62.0 Å². The summed E-state index contributed by atoms with van der Waals surface area (Å²) in [5.41, 5.74) is 3.14. The van der Waals surface area contributed by atoms with E-state index in [0.29, 0.717) is 34.8 Å². The lowest BCUT2D eigenvalue weighted by molar-refractivity contribution is 0.0850. The molecule has 2 aromatic heterocycles. The van der Waals surface area contributed by atoms with Crippen molar-refractivity contribution in [2.24, 2.45) is 5.92 Å². The molecule has 0 spiro atoms. The quantitative estimate of drug-likeness (QED) is 0.430. The molecule has 4 aromatic rings. The van der Waals surface area contributed by atoms with Crippen LogP contribution in [0, 0.1) is 11.9 Å². The van der Waals surface area contributed by atoms with E-state index in [2.05, 4.69) is 10.2 Å². The maximum Gasteiger partial charge on any atom is 0.216 e. The first-order chi connectivity index (χ1) is 15.9. The van der Waals surface area contributed by atoms with Crippen LogP contribution in [0.15, 0.2) is 42.6 Å². The van der Waals surface area contributed by atoms with Gasteiger partial charge in [0, 0.05) is 17.0 Å². The summed E-state index contributed by atoms with van der Waals surface area (Å²) in [6, 6.07) is 10.9. The summed E-state index contributed by atoms with van der Waals surface area (Å²) in [5.74, 6) is -0.169. The SMILES string of the molecule is CN(C)CCn1nc(C(=O)C2COc3ccc(Cl)cc3C2)c2ccc(-c3cn[nH]c3F)cc21. The number of halogens is 2. The summed E-state index contributed by atoms with van der Waals surface area (Å²) >= 11 is 6.14.